The number of benzene rings is 1. The molecule has 1 N–H and O–H groups in total. The zero-order valence-corrected chi connectivity index (χ0v) is 13.2. The highest BCUT2D eigenvalue weighted by atomic mass is 32.1. The highest BCUT2D eigenvalue weighted by Gasteiger charge is 2.28. The summed E-state index contributed by atoms with van der Waals surface area (Å²) in [7, 11) is 1.63. The van der Waals surface area contributed by atoms with Gasteiger partial charge in [0.25, 0.3) is 0 Å². The van der Waals surface area contributed by atoms with Crippen LogP contribution in [0, 0.1) is 13.8 Å². The van der Waals surface area contributed by atoms with Gasteiger partial charge in [-0.15, -0.1) is 0 Å². The van der Waals surface area contributed by atoms with Gasteiger partial charge in [0, 0.05) is 7.05 Å². The van der Waals surface area contributed by atoms with E-state index >= 15 is 0 Å². The molecule has 0 saturated heterocycles. The number of fused-ring (bicyclic) bond motifs is 1. The lowest BCUT2D eigenvalue weighted by Gasteiger charge is -2.15. The number of aromatic nitrogens is 1. The third kappa shape index (κ3) is 3.88. The van der Waals surface area contributed by atoms with Gasteiger partial charge in [-0.05, 0) is 25.0 Å². The van der Waals surface area contributed by atoms with Crippen LogP contribution in [0.3, 0.4) is 0 Å². The van der Waals surface area contributed by atoms with Crippen LogP contribution in [0.2, 0.25) is 0 Å². The summed E-state index contributed by atoms with van der Waals surface area (Å²) in [5.74, 6) is -0.687. The summed E-state index contributed by atoms with van der Waals surface area (Å²) in [5.41, 5.74) is 2.97. The van der Waals surface area contributed by atoms with Crippen LogP contribution in [0.1, 0.15) is 11.1 Å². The van der Waals surface area contributed by atoms with Crippen LogP contribution in [0.4, 0.5) is 18.3 Å². The van der Waals surface area contributed by atoms with Crippen LogP contribution in [0.15, 0.2) is 12.1 Å². The largest absolute Gasteiger partial charge is 0.405 e. The van der Waals surface area contributed by atoms with E-state index in [2.05, 4.69) is 4.98 Å². The van der Waals surface area contributed by atoms with Crippen LogP contribution in [-0.2, 0) is 4.79 Å². The van der Waals surface area contributed by atoms with E-state index in [4.69, 9.17) is 0 Å². The van der Waals surface area contributed by atoms with Crippen molar-refractivity contribution in [3.63, 3.8) is 0 Å². The van der Waals surface area contributed by atoms with Gasteiger partial charge in [0.15, 0.2) is 5.13 Å². The van der Waals surface area contributed by atoms with Gasteiger partial charge in [0.1, 0.15) is 6.54 Å². The molecule has 0 fully saturated rings. The average Bonchev–Trinajstić information content (AvgIpc) is 2.86. The van der Waals surface area contributed by atoms with Crippen molar-refractivity contribution < 1.29 is 18.0 Å². The number of hydrogen-bond donors (Lipinski definition) is 1. The summed E-state index contributed by atoms with van der Waals surface area (Å²) in [6.07, 6.45) is -4.40. The molecule has 1 heterocycles. The van der Waals surface area contributed by atoms with E-state index in [9.17, 15) is 18.0 Å². The van der Waals surface area contributed by atoms with E-state index in [1.807, 2.05) is 31.3 Å². The van der Waals surface area contributed by atoms with Crippen molar-refractivity contribution in [2.75, 3.05) is 25.0 Å². The van der Waals surface area contributed by atoms with Crippen molar-refractivity contribution >= 4 is 32.6 Å². The summed E-state index contributed by atoms with van der Waals surface area (Å²) in [6.45, 7) is 2.42. The second-order valence-electron chi connectivity index (χ2n) is 5.12. The van der Waals surface area contributed by atoms with Crippen molar-refractivity contribution in [1.29, 1.82) is 0 Å². The number of aryl methyl sites for hydroxylation is 2. The summed E-state index contributed by atoms with van der Waals surface area (Å²) in [4.78, 5) is 17.6. The summed E-state index contributed by atoms with van der Waals surface area (Å²) >= 11 is 1.42. The topological polar surface area (TPSA) is 45.2 Å². The minimum absolute atomic E-state index is 0.173. The lowest BCUT2D eigenvalue weighted by atomic mass is 10.1. The van der Waals surface area contributed by atoms with Crippen molar-refractivity contribution in [2.45, 2.75) is 20.0 Å². The number of rotatable bonds is 4. The lowest BCUT2D eigenvalue weighted by molar-refractivity contribution is -0.137. The van der Waals surface area contributed by atoms with Crippen molar-refractivity contribution in [1.82, 2.24) is 10.3 Å². The third-order valence-electron chi connectivity index (χ3n) is 3.12. The predicted molar refractivity (Wildman–Crippen MR) is 81.4 cm³/mol. The van der Waals surface area contributed by atoms with Crippen LogP contribution in [-0.4, -0.2) is 37.2 Å². The first kappa shape index (κ1) is 16.5. The fourth-order valence-electron chi connectivity index (χ4n) is 1.95. The number of carbonyl (C=O) groups is 1. The zero-order chi connectivity index (χ0) is 16.5. The Morgan fingerprint density at radius 3 is 2.55 bits per heavy atom. The lowest BCUT2D eigenvalue weighted by Crippen LogP contribution is -2.39. The molecule has 2 rings (SSSR count). The number of nitrogens with one attached hydrogen (secondary N) is 1. The van der Waals surface area contributed by atoms with Gasteiger partial charge in [0.2, 0.25) is 5.91 Å². The summed E-state index contributed by atoms with van der Waals surface area (Å²) in [6, 6.07) is 3.97. The number of alkyl halides is 3. The average molecular weight is 331 g/mol. The Labute approximate surface area is 129 Å². The molecule has 0 saturated carbocycles. The van der Waals surface area contributed by atoms with Crippen LogP contribution < -0.4 is 10.2 Å². The van der Waals surface area contributed by atoms with Gasteiger partial charge < -0.3 is 10.2 Å². The van der Waals surface area contributed by atoms with Crippen molar-refractivity contribution in [2.24, 2.45) is 0 Å². The highest BCUT2D eigenvalue weighted by molar-refractivity contribution is 7.22. The second-order valence-corrected chi connectivity index (χ2v) is 6.10. The molecule has 0 aliphatic carbocycles. The standard InChI is InChI=1S/C14H16F3N3OS/c1-8-4-5-9(2)12-11(8)19-13(22-12)20(3)6-10(21)18-7-14(15,16)17/h4-5H,6-7H2,1-3H3,(H,18,21). The molecule has 2 aromatic rings. The Kier molecular flexibility index (Phi) is 4.60. The van der Waals surface area contributed by atoms with Crippen molar-refractivity contribution in [3.05, 3.63) is 23.3 Å². The minimum Gasteiger partial charge on any atom is -0.345 e. The van der Waals surface area contributed by atoms with Gasteiger partial charge in [-0.1, -0.05) is 23.5 Å². The molecular formula is C14H16F3N3OS. The third-order valence-corrected chi connectivity index (χ3v) is 4.43. The van der Waals surface area contributed by atoms with E-state index in [-0.39, 0.29) is 6.54 Å². The molecule has 0 aliphatic rings. The number of carbonyl (C=O) groups excluding carboxylic acids is 1. The smallest absolute Gasteiger partial charge is 0.345 e. The zero-order valence-electron chi connectivity index (χ0n) is 12.4. The molecular weight excluding hydrogens is 315 g/mol. The second kappa shape index (κ2) is 6.12. The molecule has 0 spiro atoms. The first-order valence-electron chi connectivity index (χ1n) is 6.58. The van der Waals surface area contributed by atoms with E-state index in [0.29, 0.717) is 5.13 Å². The van der Waals surface area contributed by atoms with Gasteiger partial charge in [-0.25, -0.2) is 4.98 Å². The fourth-order valence-corrected chi connectivity index (χ4v) is 3.02. The van der Waals surface area contributed by atoms with Crippen LogP contribution in [0.5, 0.6) is 0 Å². The molecule has 0 unspecified atom stereocenters. The molecule has 8 heteroatoms. The molecule has 1 amide bonds. The first-order chi connectivity index (χ1) is 10.2. The molecule has 1 aromatic carbocycles. The number of nitrogens with zero attached hydrogens (tertiary/aromatic N) is 2. The highest BCUT2D eigenvalue weighted by Crippen LogP contribution is 2.32. The molecule has 0 radical (unpaired) electrons. The maximum atomic E-state index is 12.1. The Hall–Kier alpha value is -1.83. The number of hydrogen-bond acceptors (Lipinski definition) is 4. The van der Waals surface area contributed by atoms with E-state index < -0.39 is 18.6 Å². The number of halogens is 3. The van der Waals surface area contributed by atoms with E-state index in [1.54, 1.807) is 11.9 Å². The number of anilines is 1. The number of likely N-dealkylation sites (N-methyl/N-ethyl adjacent to an activating group) is 1. The molecule has 0 atom stereocenters. The van der Waals surface area contributed by atoms with Gasteiger partial charge in [-0.2, -0.15) is 13.2 Å². The molecule has 0 bridgehead atoms. The quantitative estimate of drug-likeness (QED) is 0.937. The van der Waals surface area contributed by atoms with Crippen molar-refractivity contribution in [3.8, 4) is 0 Å². The Morgan fingerprint density at radius 1 is 1.32 bits per heavy atom. The van der Waals surface area contributed by atoms with Gasteiger partial charge >= 0.3 is 6.18 Å². The van der Waals surface area contributed by atoms with Gasteiger partial charge in [-0.3, -0.25) is 4.79 Å². The minimum atomic E-state index is -4.40. The Balaban J connectivity index is 2.10. The molecule has 4 nitrogen and oxygen atoms in total. The maximum Gasteiger partial charge on any atom is 0.405 e. The first-order valence-corrected chi connectivity index (χ1v) is 7.40. The molecule has 22 heavy (non-hydrogen) atoms. The fraction of sp³-hybridized carbons (Fsp3) is 0.429. The normalized spacial score (nSPS) is 11.7. The Morgan fingerprint density at radius 2 is 1.95 bits per heavy atom. The van der Waals surface area contributed by atoms with E-state index in [0.717, 1.165) is 21.3 Å². The molecule has 120 valence electrons. The number of amides is 1. The van der Waals surface area contributed by atoms with Crippen LogP contribution in [0.25, 0.3) is 10.2 Å². The predicted octanol–water partition coefficient (Wildman–Crippen LogP) is 3.03. The SMILES string of the molecule is Cc1ccc(C)c2sc(N(C)CC(=O)NCC(F)(F)F)nc12. The number of thiazole rings is 1. The molecule has 1 aromatic heterocycles. The van der Waals surface area contributed by atoms with E-state index in [1.165, 1.54) is 11.3 Å². The van der Waals surface area contributed by atoms with Gasteiger partial charge in [0.05, 0.1) is 16.8 Å². The van der Waals surface area contributed by atoms with Crippen LogP contribution >= 0.6 is 11.3 Å². The monoisotopic (exact) mass is 331 g/mol. The molecule has 0 aliphatic heterocycles. The maximum absolute atomic E-state index is 12.1. The summed E-state index contributed by atoms with van der Waals surface area (Å²) in [5, 5.41) is 2.46. The summed E-state index contributed by atoms with van der Waals surface area (Å²) < 4.78 is 37.2. The Bertz CT molecular complexity index is 657.